The van der Waals surface area contributed by atoms with Crippen LogP contribution in [0.2, 0.25) is 0 Å². The molecule has 1 fully saturated rings. The molecule has 0 aliphatic carbocycles. The third-order valence-corrected chi connectivity index (χ3v) is 3.29. The van der Waals surface area contributed by atoms with E-state index in [0.717, 1.165) is 0 Å². The van der Waals surface area contributed by atoms with Gasteiger partial charge >= 0.3 is 0 Å². The second-order valence-electron chi connectivity index (χ2n) is 4.46. The molecule has 1 aliphatic heterocycles. The third-order valence-electron chi connectivity index (χ3n) is 3.29. The van der Waals surface area contributed by atoms with Crippen molar-refractivity contribution < 1.29 is 14.0 Å². The molecular formula is C12H15N5O3. The van der Waals surface area contributed by atoms with Crippen molar-refractivity contribution in [3.8, 4) is 17.4 Å². The molecule has 2 aromatic heterocycles. The average Bonchev–Trinajstić information content (AvgIpc) is 3.15. The molecule has 2 unspecified atom stereocenters. The number of ether oxygens (including phenoxy) is 2. The molecule has 3 rings (SSSR count). The lowest BCUT2D eigenvalue weighted by Crippen LogP contribution is -2.31. The fourth-order valence-corrected chi connectivity index (χ4v) is 2.12. The number of likely N-dealkylation sites (N-methyl/N-ethyl adjacent to an activating group) is 1. The first-order valence-corrected chi connectivity index (χ1v) is 6.28. The first-order chi connectivity index (χ1) is 9.81. The number of rotatable bonds is 4. The van der Waals surface area contributed by atoms with Crippen LogP contribution in [0.25, 0.3) is 11.5 Å². The van der Waals surface area contributed by atoms with E-state index < -0.39 is 0 Å². The van der Waals surface area contributed by atoms with Crippen LogP contribution in [0, 0.1) is 0 Å². The van der Waals surface area contributed by atoms with Crippen LogP contribution >= 0.6 is 0 Å². The van der Waals surface area contributed by atoms with Gasteiger partial charge in [0.25, 0.3) is 0 Å². The van der Waals surface area contributed by atoms with Crippen LogP contribution in [0.5, 0.6) is 5.88 Å². The van der Waals surface area contributed by atoms with Gasteiger partial charge in [-0.25, -0.2) is 0 Å². The van der Waals surface area contributed by atoms with E-state index in [2.05, 4.69) is 25.7 Å². The van der Waals surface area contributed by atoms with Gasteiger partial charge in [-0.05, 0) is 13.1 Å². The Hall–Kier alpha value is -2.06. The summed E-state index contributed by atoms with van der Waals surface area (Å²) in [5.41, 5.74) is 0.542. The second kappa shape index (κ2) is 5.51. The maximum atomic E-state index is 5.43. The summed E-state index contributed by atoms with van der Waals surface area (Å²) in [5, 5.41) is 15.0. The van der Waals surface area contributed by atoms with Crippen molar-refractivity contribution in [2.45, 2.75) is 12.0 Å². The summed E-state index contributed by atoms with van der Waals surface area (Å²) in [5.74, 6) is 1.47. The number of methoxy groups -OCH3 is 1. The standard InChI is InChI=1S/C12H15N5O3/c1-13-9-6-19-5-7(9)12-14-11(17-20-12)8-3-4-10(18-2)16-15-8/h3-4,7,9,13H,5-6H2,1-2H3. The Bertz CT molecular complexity index is 571. The highest BCUT2D eigenvalue weighted by atomic mass is 16.5. The van der Waals surface area contributed by atoms with E-state index in [1.54, 1.807) is 12.1 Å². The summed E-state index contributed by atoms with van der Waals surface area (Å²) < 4.78 is 15.7. The molecule has 3 heterocycles. The Morgan fingerprint density at radius 3 is 2.90 bits per heavy atom. The molecule has 1 saturated heterocycles. The molecule has 2 atom stereocenters. The van der Waals surface area contributed by atoms with Gasteiger partial charge in [-0.1, -0.05) is 5.16 Å². The molecule has 0 spiro atoms. The molecule has 0 saturated carbocycles. The molecule has 106 valence electrons. The van der Waals surface area contributed by atoms with Gasteiger partial charge in [-0.2, -0.15) is 4.98 Å². The number of nitrogens with one attached hydrogen (secondary N) is 1. The van der Waals surface area contributed by atoms with E-state index in [-0.39, 0.29) is 12.0 Å². The van der Waals surface area contributed by atoms with E-state index in [1.165, 1.54) is 7.11 Å². The van der Waals surface area contributed by atoms with Crippen LogP contribution < -0.4 is 10.1 Å². The van der Waals surface area contributed by atoms with E-state index in [1.807, 2.05) is 7.05 Å². The van der Waals surface area contributed by atoms with E-state index in [4.69, 9.17) is 14.0 Å². The predicted molar refractivity (Wildman–Crippen MR) is 68.3 cm³/mol. The van der Waals surface area contributed by atoms with Crippen LogP contribution in [0.3, 0.4) is 0 Å². The van der Waals surface area contributed by atoms with Crippen molar-refractivity contribution in [1.29, 1.82) is 0 Å². The lowest BCUT2D eigenvalue weighted by atomic mass is 10.0. The zero-order valence-corrected chi connectivity index (χ0v) is 11.2. The summed E-state index contributed by atoms with van der Waals surface area (Å²) >= 11 is 0. The fourth-order valence-electron chi connectivity index (χ4n) is 2.12. The van der Waals surface area contributed by atoms with Crippen molar-refractivity contribution in [3.63, 3.8) is 0 Å². The largest absolute Gasteiger partial charge is 0.480 e. The van der Waals surface area contributed by atoms with Crippen molar-refractivity contribution >= 4 is 0 Å². The molecular weight excluding hydrogens is 262 g/mol. The minimum absolute atomic E-state index is 0.0625. The van der Waals surface area contributed by atoms with E-state index in [9.17, 15) is 0 Å². The maximum Gasteiger partial charge on any atom is 0.234 e. The molecule has 20 heavy (non-hydrogen) atoms. The van der Waals surface area contributed by atoms with Crippen molar-refractivity contribution in [2.75, 3.05) is 27.4 Å². The lowest BCUT2D eigenvalue weighted by Gasteiger charge is -2.11. The molecule has 0 amide bonds. The van der Waals surface area contributed by atoms with Gasteiger partial charge in [0.15, 0.2) is 0 Å². The topological polar surface area (TPSA) is 95.2 Å². The van der Waals surface area contributed by atoms with Gasteiger partial charge in [0, 0.05) is 12.1 Å². The first-order valence-electron chi connectivity index (χ1n) is 6.28. The van der Waals surface area contributed by atoms with Gasteiger partial charge in [0.05, 0.1) is 26.2 Å². The van der Waals surface area contributed by atoms with Crippen LogP contribution in [-0.4, -0.2) is 53.8 Å². The third kappa shape index (κ3) is 2.35. The van der Waals surface area contributed by atoms with Crippen LogP contribution in [0.4, 0.5) is 0 Å². The smallest absolute Gasteiger partial charge is 0.234 e. The Morgan fingerprint density at radius 1 is 1.30 bits per heavy atom. The zero-order chi connectivity index (χ0) is 13.9. The normalized spacial score (nSPS) is 22.1. The molecule has 8 heteroatoms. The number of hydrogen-bond donors (Lipinski definition) is 1. The lowest BCUT2D eigenvalue weighted by molar-refractivity contribution is 0.185. The van der Waals surface area contributed by atoms with Crippen LogP contribution in [0.15, 0.2) is 16.7 Å². The van der Waals surface area contributed by atoms with Crippen LogP contribution in [0.1, 0.15) is 11.8 Å². The predicted octanol–water partition coefficient (Wildman–Crippen LogP) is 0.237. The van der Waals surface area contributed by atoms with Crippen molar-refractivity contribution in [1.82, 2.24) is 25.7 Å². The Balaban J connectivity index is 1.82. The molecule has 1 aliphatic rings. The summed E-state index contributed by atoms with van der Waals surface area (Å²) in [4.78, 5) is 4.38. The summed E-state index contributed by atoms with van der Waals surface area (Å²) in [6.45, 7) is 1.21. The second-order valence-corrected chi connectivity index (χ2v) is 4.46. The Kier molecular flexibility index (Phi) is 3.57. The van der Waals surface area contributed by atoms with Gasteiger partial charge < -0.3 is 19.3 Å². The van der Waals surface area contributed by atoms with E-state index >= 15 is 0 Å². The maximum absolute atomic E-state index is 5.43. The minimum atomic E-state index is 0.0625. The number of aromatic nitrogens is 4. The minimum Gasteiger partial charge on any atom is -0.480 e. The Morgan fingerprint density at radius 2 is 2.20 bits per heavy atom. The van der Waals surface area contributed by atoms with Crippen LogP contribution in [-0.2, 0) is 4.74 Å². The zero-order valence-electron chi connectivity index (χ0n) is 11.2. The summed E-state index contributed by atoms with van der Waals surface area (Å²) in [6.07, 6.45) is 0. The molecule has 0 radical (unpaired) electrons. The fraction of sp³-hybridized carbons (Fsp3) is 0.500. The Labute approximate surface area is 115 Å². The van der Waals surface area contributed by atoms with Gasteiger partial charge in [0.2, 0.25) is 17.6 Å². The number of hydrogen-bond acceptors (Lipinski definition) is 8. The summed E-state index contributed by atoms with van der Waals surface area (Å²) in [6, 6.07) is 3.62. The first kappa shape index (κ1) is 12.9. The molecule has 8 nitrogen and oxygen atoms in total. The SMILES string of the molecule is CNC1COCC1c1nc(-c2ccc(OC)nn2)no1. The monoisotopic (exact) mass is 277 g/mol. The van der Waals surface area contributed by atoms with Crippen molar-refractivity contribution in [2.24, 2.45) is 0 Å². The highest BCUT2D eigenvalue weighted by molar-refractivity contribution is 5.47. The highest BCUT2D eigenvalue weighted by Gasteiger charge is 2.33. The molecule has 2 aromatic rings. The van der Waals surface area contributed by atoms with Gasteiger partial charge in [0.1, 0.15) is 5.69 Å². The average molecular weight is 277 g/mol. The van der Waals surface area contributed by atoms with Crippen molar-refractivity contribution in [3.05, 3.63) is 18.0 Å². The summed E-state index contributed by atoms with van der Waals surface area (Å²) in [7, 11) is 3.42. The highest BCUT2D eigenvalue weighted by Crippen LogP contribution is 2.26. The van der Waals surface area contributed by atoms with Gasteiger partial charge in [-0.3, -0.25) is 0 Å². The molecule has 1 N–H and O–H groups in total. The van der Waals surface area contributed by atoms with Gasteiger partial charge in [-0.15, -0.1) is 10.2 Å². The van der Waals surface area contributed by atoms with E-state index in [0.29, 0.717) is 36.5 Å². The quantitative estimate of drug-likeness (QED) is 0.849. The molecule has 0 aromatic carbocycles. The molecule has 0 bridgehead atoms. The number of nitrogens with zero attached hydrogens (tertiary/aromatic N) is 4.